The van der Waals surface area contributed by atoms with Crippen LogP contribution >= 0.6 is 46.4 Å². The van der Waals surface area contributed by atoms with Gasteiger partial charge in [-0.1, -0.05) is 46.4 Å². The number of ether oxygens (including phenoxy) is 1. The Labute approximate surface area is 189 Å². The molecule has 0 aromatic heterocycles. The Hall–Kier alpha value is -2.64. The lowest BCUT2D eigenvalue weighted by molar-refractivity contribution is 0.0526. The summed E-state index contributed by atoms with van der Waals surface area (Å²) in [5, 5.41) is 24.7. The highest BCUT2D eigenvalue weighted by Crippen LogP contribution is 2.31. The summed E-state index contributed by atoms with van der Waals surface area (Å²) in [5.74, 6) is -2.50. The molecule has 0 bridgehead atoms. The molecule has 2 aromatic rings. The number of esters is 1. The molecule has 12 heteroatoms. The molecule has 0 fully saturated rings. The van der Waals surface area contributed by atoms with Crippen molar-refractivity contribution in [1.29, 1.82) is 15.8 Å². The summed E-state index contributed by atoms with van der Waals surface area (Å²) in [6, 6.07) is 6.66. The van der Waals surface area contributed by atoms with Gasteiger partial charge in [0.25, 0.3) is 0 Å². The van der Waals surface area contributed by atoms with Crippen molar-refractivity contribution in [2.45, 2.75) is 6.92 Å². The van der Waals surface area contributed by atoms with Crippen LogP contribution in [0.15, 0.2) is 12.1 Å². The summed E-state index contributed by atoms with van der Waals surface area (Å²) in [5.41, 5.74) is -0.784. The van der Waals surface area contributed by atoms with E-state index in [2.05, 4.69) is 4.74 Å². The fourth-order valence-corrected chi connectivity index (χ4v) is 2.82. The molecule has 2 N–H and O–H groups in total. The van der Waals surface area contributed by atoms with Gasteiger partial charge in [0.15, 0.2) is 0 Å². The van der Waals surface area contributed by atoms with E-state index < -0.39 is 22.6 Å². The van der Waals surface area contributed by atoms with Gasteiger partial charge in [-0.2, -0.15) is 15.8 Å². The van der Waals surface area contributed by atoms with Crippen molar-refractivity contribution in [3.63, 3.8) is 0 Å². The van der Waals surface area contributed by atoms with Crippen molar-refractivity contribution >= 4 is 52.4 Å². The van der Waals surface area contributed by atoms with Gasteiger partial charge in [-0.05, 0) is 19.1 Å². The minimum Gasteiger partial charge on any atom is -0.462 e. The molecule has 6 nitrogen and oxygen atoms in total. The van der Waals surface area contributed by atoms with Crippen LogP contribution in [0.5, 0.6) is 0 Å². The SMILES string of the molecule is CCOC(=O)c1cc(F)c(Cl)c(C#N)c1Cl.N#Cc1cc(F)c(Cl)c(C#N)c1Cl.O. The van der Waals surface area contributed by atoms with Crippen molar-refractivity contribution in [2.75, 3.05) is 6.61 Å². The van der Waals surface area contributed by atoms with Gasteiger partial charge in [0, 0.05) is 0 Å². The Bertz CT molecular complexity index is 1110. The third-order valence-corrected chi connectivity index (χ3v) is 4.68. The highest BCUT2D eigenvalue weighted by atomic mass is 35.5. The average molecular weight is 495 g/mol. The summed E-state index contributed by atoms with van der Waals surface area (Å²) in [7, 11) is 0. The zero-order valence-corrected chi connectivity index (χ0v) is 17.8. The number of nitriles is 3. The van der Waals surface area contributed by atoms with E-state index >= 15 is 0 Å². The molecular weight excluding hydrogens is 486 g/mol. The molecule has 0 saturated carbocycles. The zero-order valence-electron chi connectivity index (χ0n) is 14.8. The van der Waals surface area contributed by atoms with Crippen LogP contribution in [0, 0.1) is 45.6 Å². The summed E-state index contributed by atoms with van der Waals surface area (Å²) in [6.07, 6.45) is 0. The molecule has 0 aliphatic rings. The molecule has 0 spiro atoms. The lowest BCUT2D eigenvalue weighted by Gasteiger charge is -2.07. The number of halogens is 6. The summed E-state index contributed by atoms with van der Waals surface area (Å²) >= 11 is 22.3. The summed E-state index contributed by atoms with van der Waals surface area (Å²) in [6.45, 7) is 1.73. The van der Waals surface area contributed by atoms with Gasteiger partial charge >= 0.3 is 5.97 Å². The fourth-order valence-electron chi connectivity index (χ4n) is 1.84. The second-order valence-corrected chi connectivity index (χ2v) is 6.39. The maximum atomic E-state index is 13.3. The minimum atomic E-state index is -0.884. The Kier molecular flexibility index (Phi) is 11.1. The Morgan fingerprint density at radius 3 is 1.80 bits per heavy atom. The monoisotopic (exact) mass is 493 g/mol. The van der Waals surface area contributed by atoms with E-state index in [0.717, 1.165) is 12.1 Å². The van der Waals surface area contributed by atoms with Gasteiger partial charge in [-0.25, -0.2) is 13.6 Å². The molecule has 0 saturated heterocycles. The van der Waals surface area contributed by atoms with Crippen LogP contribution in [0.2, 0.25) is 20.1 Å². The van der Waals surface area contributed by atoms with Crippen molar-refractivity contribution in [3.8, 4) is 18.2 Å². The molecule has 0 amide bonds. The van der Waals surface area contributed by atoms with Gasteiger partial charge in [-0.3, -0.25) is 0 Å². The number of carbonyl (C=O) groups excluding carboxylic acids is 1. The van der Waals surface area contributed by atoms with Gasteiger partial charge in [0.05, 0.1) is 49.0 Å². The molecular formula is C18H9Cl4F2N3O3. The molecule has 0 atom stereocenters. The third-order valence-electron chi connectivity index (χ3n) is 3.15. The first-order valence-corrected chi connectivity index (χ1v) is 8.88. The second kappa shape index (κ2) is 12.1. The quantitative estimate of drug-likeness (QED) is 0.416. The molecule has 2 aromatic carbocycles. The lowest BCUT2D eigenvalue weighted by Crippen LogP contribution is -2.07. The molecule has 2 rings (SSSR count). The molecule has 30 heavy (non-hydrogen) atoms. The van der Waals surface area contributed by atoms with Crippen LogP contribution in [0.3, 0.4) is 0 Å². The van der Waals surface area contributed by atoms with Crippen molar-refractivity contribution in [1.82, 2.24) is 0 Å². The molecule has 0 unspecified atom stereocenters. The molecule has 0 aliphatic heterocycles. The van der Waals surface area contributed by atoms with Crippen molar-refractivity contribution in [2.24, 2.45) is 0 Å². The minimum absolute atomic E-state index is 0. The standard InChI is InChI=1S/C10H6Cl2FNO2.C8HCl2FN2.H2O/c1-2-16-10(15)5-3-7(13)9(12)6(4-14)8(5)11;9-7-4(2-12)1-6(11)8(10)5(7)3-13;/h3H,2H2,1H3;1H;1H2. The number of hydrogen-bond acceptors (Lipinski definition) is 5. The van der Waals surface area contributed by atoms with Crippen LogP contribution in [0.4, 0.5) is 8.78 Å². The Balaban J connectivity index is 0.000000553. The Morgan fingerprint density at radius 2 is 1.37 bits per heavy atom. The second-order valence-electron chi connectivity index (χ2n) is 4.87. The van der Waals surface area contributed by atoms with Gasteiger partial charge in [0.1, 0.15) is 29.8 Å². The van der Waals surface area contributed by atoms with E-state index in [1.54, 1.807) is 25.1 Å². The largest absolute Gasteiger partial charge is 0.462 e. The van der Waals surface area contributed by atoms with Crippen LogP contribution in [0.1, 0.15) is 34.0 Å². The van der Waals surface area contributed by atoms with E-state index in [-0.39, 0.29) is 49.4 Å². The molecule has 0 radical (unpaired) electrons. The molecule has 0 aliphatic carbocycles. The van der Waals surface area contributed by atoms with Crippen LogP contribution in [-0.2, 0) is 4.74 Å². The fraction of sp³-hybridized carbons (Fsp3) is 0.111. The molecule has 0 heterocycles. The number of hydrogen-bond donors (Lipinski definition) is 0. The Morgan fingerprint density at radius 1 is 0.900 bits per heavy atom. The summed E-state index contributed by atoms with van der Waals surface area (Å²) in [4.78, 5) is 11.4. The van der Waals surface area contributed by atoms with Crippen LogP contribution in [-0.4, -0.2) is 18.1 Å². The van der Waals surface area contributed by atoms with E-state index in [0.29, 0.717) is 0 Å². The predicted octanol–water partition coefficient (Wildman–Crippen LogP) is 5.23. The third kappa shape index (κ3) is 5.93. The number of benzene rings is 2. The first kappa shape index (κ1) is 27.4. The van der Waals surface area contributed by atoms with Crippen LogP contribution in [0.25, 0.3) is 0 Å². The smallest absolute Gasteiger partial charge is 0.339 e. The van der Waals surface area contributed by atoms with E-state index in [4.69, 9.17) is 62.2 Å². The summed E-state index contributed by atoms with van der Waals surface area (Å²) < 4.78 is 30.8. The maximum Gasteiger partial charge on any atom is 0.339 e. The maximum absolute atomic E-state index is 13.3. The zero-order chi connectivity index (χ0) is 22.3. The van der Waals surface area contributed by atoms with E-state index in [9.17, 15) is 13.6 Å². The topological polar surface area (TPSA) is 129 Å². The first-order valence-electron chi connectivity index (χ1n) is 7.36. The average Bonchev–Trinajstić information content (AvgIpc) is 2.69. The number of carbonyl (C=O) groups is 1. The highest BCUT2D eigenvalue weighted by Gasteiger charge is 2.20. The lowest BCUT2D eigenvalue weighted by atomic mass is 10.1. The van der Waals surface area contributed by atoms with Crippen molar-refractivity contribution in [3.05, 3.63) is 66.1 Å². The van der Waals surface area contributed by atoms with E-state index in [1.807, 2.05) is 0 Å². The predicted molar refractivity (Wildman–Crippen MR) is 107 cm³/mol. The number of nitrogens with zero attached hydrogens (tertiary/aromatic N) is 3. The number of rotatable bonds is 2. The first-order chi connectivity index (χ1) is 13.6. The van der Waals surface area contributed by atoms with Gasteiger partial charge in [-0.15, -0.1) is 0 Å². The molecule has 156 valence electrons. The van der Waals surface area contributed by atoms with Crippen LogP contribution < -0.4 is 0 Å². The highest BCUT2D eigenvalue weighted by molar-refractivity contribution is 6.38. The van der Waals surface area contributed by atoms with Crippen molar-refractivity contribution < 1.29 is 23.8 Å². The normalized spacial score (nSPS) is 9.07. The van der Waals surface area contributed by atoms with Gasteiger partial charge < -0.3 is 10.2 Å². The van der Waals surface area contributed by atoms with Gasteiger partial charge in [0.2, 0.25) is 0 Å². The van der Waals surface area contributed by atoms with E-state index in [1.165, 1.54) is 0 Å².